The summed E-state index contributed by atoms with van der Waals surface area (Å²) in [4.78, 5) is 4.33. The molecule has 0 amide bonds. The second-order valence-corrected chi connectivity index (χ2v) is 4.61. The number of nitrogens with one attached hydrogen (secondary N) is 1. The van der Waals surface area contributed by atoms with Gasteiger partial charge in [-0.15, -0.1) is 0 Å². The first-order valence-corrected chi connectivity index (χ1v) is 6.38. The maximum atomic E-state index is 5.16. The quantitative estimate of drug-likeness (QED) is 0.862. The number of benzene rings is 1. The molecule has 0 aliphatic carbocycles. The molecule has 0 unspecified atom stereocenters. The molecular weight excluding hydrogens is 282 g/mol. The van der Waals surface area contributed by atoms with E-state index < -0.39 is 0 Å². The van der Waals surface area contributed by atoms with E-state index in [9.17, 15) is 0 Å². The van der Waals surface area contributed by atoms with Gasteiger partial charge in [0.1, 0.15) is 0 Å². The standard InChI is InChI=1S/C12H14BrN3O/c1-2-7-14-8-11-15-12(16-17-11)9-3-5-10(13)6-4-9/h3-6,14H,2,7-8H2,1H3. The van der Waals surface area contributed by atoms with Crippen molar-refractivity contribution in [3.05, 3.63) is 34.6 Å². The molecule has 0 radical (unpaired) electrons. The Kier molecular flexibility index (Phi) is 4.28. The fraction of sp³-hybridized carbons (Fsp3) is 0.333. The van der Waals surface area contributed by atoms with Crippen LogP contribution in [0.3, 0.4) is 0 Å². The van der Waals surface area contributed by atoms with Crippen LogP contribution in [0.1, 0.15) is 19.2 Å². The predicted molar refractivity (Wildman–Crippen MR) is 69.4 cm³/mol. The third-order valence-electron chi connectivity index (χ3n) is 2.27. The number of nitrogens with zero attached hydrogens (tertiary/aromatic N) is 2. The lowest BCUT2D eigenvalue weighted by Crippen LogP contribution is -2.13. The molecule has 90 valence electrons. The first kappa shape index (κ1) is 12.3. The Hall–Kier alpha value is -1.20. The van der Waals surface area contributed by atoms with Gasteiger partial charge < -0.3 is 9.84 Å². The van der Waals surface area contributed by atoms with Crippen LogP contribution in [-0.2, 0) is 6.54 Å². The third-order valence-corrected chi connectivity index (χ3v) is 2.80. The Labute approximate surface area is 109 Å². The normalized spacial score (nSPS) is 10.7. The van der Waals surface area contributed by atoms with Gasteiger partial charge >= 0.3 is 0 Å². The first-order valence-electron chi connectivity index (χ1n) is 5.59. The summed E-state index contributed by atoms with van der Waals surface area (Å²) in [5.41, 5.74) is 0.957. The molecule has 0 fully saturated rings. The van der Waals surface area contributed by atoms with Crippen LogP contribution in [0.15, 0.2) is 33.3 Å². The number of hydrogen-bond acceptors (Lipinski definition) is 4. The summed E-state index contributed by atoms with van der Waals surface area (Å²) in [7, 11) is 0. The van der Waals surface area contributed by atoms with E-state index in [0.717, 1.165) is 23.0 Å². The summed E-state index contributed by atoms with van der Waals surface area (Å²) in [6, 6.07) is 7.83. The summed E-state index contributed by atoms with van der Waals surface area (Å²) >= 11 is 3.39. The van der Waals surface area contributed by atoms with Gasteiger partial charge in [-0.2, -0.15) is 4.98 Å². The molecule has 1 aromatic carbocycles. The zero-order valence-electron chi connectivity index (χ0n) is 9.61. The molecule has 0 saturated carbocycles. The van der Waals surface area contributed by atoms with Crippen molar-refractivity contribution < 1.29 is 4.52 Å². The van der Waals surface area contributed by atoms with Gasteiger partial charge in [0.25, 0.3) is 0 Å². The van der Waals surface area contributed by atoms with Gasteiger partial charge in [0.15, 0.2) is 0 Å². The Morgan fingerprint density at radius 1 is 1.29 bits per heavy atom. The van der Waals surface area contributed by atoms with Crippen LogP contribution in [0.5, 0.6) is 0 Å². The molecule has 2 aromatic rings. The highest BCUT2D eigenvalue weighted by Gasteiger charge is 2.07. The summed E-state index contributed by atoms with van der Waals surface area (Å²) < 4.78 is 6.20. The monoisotopic (exact) mass is 295 g/mol. The molecule has 17 heavy (non-hydrogen) atoms. The van der Waals surface area contributed by atoms with E-state index in [1.54, 1.807) is 0 Å². The predicted octanol–water partition coefficient (Wildman–Crippen LogP) is 3.00. The molecule has 1 aromatic heterocycles. The highest BCUT2D eigenvalue weighted by Crippen LogP contribution is 2.18. The van der Waals surface area contributed by atoms with E-state index in [1.807, 2.05) is 24.3 Å². The minimum Gasteiger partial charge on any atom is -0.338 e. The Morgan fingerprint density at radius 2 is 2.06 bits per heavy atom. The largest absolute Gasteiger partial charge is 0.338 e. The van der Waals surface area contributed by atoms with Gasteiger partial charge in [-0.25, -0.2) is 0 Å². The van der Waals surface area contributed by atoms with E-state index in [2.05, 4.69) is 38.3 Å². The maximum absolute atomic E-state index is 5.16. The van der Waals surface area contributed by atoms with Crippen molar-refractivity contribution in [3.8, 4) is 11.4 Å². The van der Waals surface area contributed by atoms with Crippen LogP contribution in [0.2, 0.25) is 0 Å². The number of hydrogen-bond donors (Lipinski definition) is 1. The second kappa shape index (κ2) is 5.93. The molecule has 0 atom stereocenters. The van der Waals surface area contributed by atoms with Crippen LogP contribution in [-0.4, -0.2) is 16.7 Å². The molecule has 1 heterocycles. The van der Waals surface area contributed by atoms with E-state index in [4.69, 9.17) is 4.52 Å². The smallest absolute Gasteiger partial charge is 0.240 e. The topological polar surface area (TPSA) is 51.0 Å². The fourth-order valence-electron chi connectivity index (χ4n) is 1.41. The summed E-state index contributed by atoms with van der Waals surface area (Å²) in [5.74, 6) is 1.25. The van der Waals surface area contributed by atoms with Crippen LogP contribution < -0.4 is 5.32 Å². The zero-order valence-corrected chi connectivity index (χ0v) is 11.2. The van der Waals surface area contributed by atoms with E-state index in [0.29, 0.717) is 18.3 Å². The molecular formula is C12H14BrN3O. The lowest BCUT2D eigenvalue weighted by Gasteiger charge is -1.96. The molecule has 5 heteroatoms. The molecule has 1 N–H and O–H groups in total. The van der Waals surface area contributed by atoms with Crippen molar-refractivity contribution >= 4 is 15.9 Å². The highest BCUT2D eigenvalue weighted by atomic mass is 79.9. The molecule has 0 aliphatic rings. The van der Waals surface area contributed by atoms with Crippen molar-refractivity contribution in [3.63, 3.8) is 0 Å². The van der Waals surface area contributed by atoms with Crippen molar-refractivity contribution in [2.45, 2.75) is 19.9 Å². The molecule has 0 bridgehead atoms. The summed E-state index contributed by atoms with van der Waals surface area (Å²) in [6.45, 7) is 3.70. The SMILES string of the molecule is CCCNCc1nc(-c2ccc(Br)cc2)no1. The highest BCUT2D eigenvalue weighted by molar-refractivity contribution is 9.10. The van der Waals surface area contributed by atoms with E-state index >= 15 is 0 Å². The zero-order chi connectivity index (χ0) is 12.1. The van der Waals surface area contributed by atoms with Gasteiger partial charge in [0, 0.05) is 10.0 Å². The molecule has 0 saturated heterocycles. The van der Waals surface area contributed by atoms with Crippen molar-refractivity contribution in [2.75, 3.05) is 6.54 Å². The average Bonchev–Trinajstić information content (AvgIpc) is 2.79. The minimum atomic E-state index is 0.622. The van der Waals surface area contributed by atoms with E-state index in [-0.39, 0.29) is 0 Å². The van der Waals surface area contributed by atoms with Crippen LogP contribution in [0.25, 0.3) is 11.4 Å². The number of halogens is 1. The fourth-order valence-corrected chi connectivity index (χ4v) is 1.68. The number of aromatic nitrogens is 2. The Balaban J connectivity index is 2.04. The van der Waals surface area contributed by atoms with Crippen molar-refractivity contribution in [1.29, 1.82) is 0 Å². The lowest BCUT2D eigenvalue weighted by molar-refractivity contribution is 0.368. The minimum absolute atomic E-state index is 0.622. The molecule has 0 spiro atoms. The van der Waals surface area contributed by atoms with Gasteiger partial charge in [-0.1, -0.05) is 28.0 Å². The van der Waals surface area contributed by atoms with Crippen molar-refractivity contribution in [2.24, 2.45) is 0 Å². The second-order valence-electron chi connectivity index (χ2n) is 3.70. The summed E-state index contributed by atoms with van der Waals surface area (Å²) in [5, 5.41) is 7.17. The van der Waals surface area contributed by atoms with E-state index in [1.165, 1.54) is 0 Å². The van der Waals surface area contributed by atoms with Crippen LogP contribution >= 0.6 is 15.9 Å². The van der Waals surface area contributed by atoms with Gasteiger partial charge in [-0.05, 0) is 37.2 Å². The lowest BCUT2D eigenvalue weighted by atomic mass is 10.2. The van der Waals surface area contributed by atoms with Gasteiger partial charge in [0.2, 0.25) is 11.7 Å². The van der Waals surface area contributed by atoms with Gasteiger partial charge in [-0.3, -0.25) is 0 Å². The maximum Gasteiger partial charge on any atom is 0.240 e. The average molecular weight is 296 g/mol. The van der Waals surface area contributed by atoms with Gasteiger partial charge in [0.05, 0.1) is 6.54 Å². The Bertz CT molecular complexity index is 467. The first-order chi connectivity index (χ1) is 8.29. The third kappa shape index (κ3) is 3.38. The van der Waals surface area contributed by atoms with Crippen molar-refractivity contribution in [1.82, 2.24) is 15.5 Å². The molecule has 2 rings (SSSR count). The Morgan fingerprint density at radius 3 is 2.76 bits per heavy atom. The summed E-state index contributed by atoms with van der Waals surface area (Å²) in [6.07, 6.45) is 1.09. The van der Waals surface area contributed by atoms with Crippen LogP contribution in [0.4, 0.5) is 0 Å². The number of rotatable bonds is 5. The van der Waals surface area contributed by atoms with Crippen LogP contribution in [0, 0.1) is 0 Å². The molecule has 0 aliphatic heterocycles. The molecule has 4 nitrogen and oxygen atoms in total.